The molecule has 1 fully saturated rings. The number of rotatable bonds is 9. The van der Waals surface area contributed by atoms with Crippen molar-refractivity contribution >= 4 is 17.8 Å². The zero-order valence-electron chi connectivity index (χ0n) is 12.1. The minimum Gasteiger partial charge on any atom is -0.480 e. The highest BCUT2D eigenvalue weighted by molar-refractivity contribution is 5.91. The third-order valence-electron chi connectivity index (χ3n) is 3.37. The molecule has 0 spiro atoms. The average molecular weight is 300 g/mol. The van der Waals surface area contributed by atoms with Crippen molar-refractivity contribution < 1.29 is 19.5 Å². The van der Waals surface area contributed by atoms with Crippen molar-refractivity contribution in [2.45, 2.75) is 44.2 Å². The quantitative estimate of drug-likeness (QED) is 0.331. The molecule has 0 saturated carbocycles. The second-order valence-corrected chi connectivity index (χ2v) is 5.11. The first-order chi connectivity index (χ1) is 10.0. The molecule has 1 saturated heterocycles. The van der Waals surface area contributed by atoms with Gasteiger partial charge in [-0.25, -0.2) is 0 Å². The zero-order chi connectivity index (χ0) is 15.7. The first-order valence-corrected chi connectivity index (χ1v) is 7.28. The van der Waals surface area contributed by atoms with E-state index in [2.05, 4.69) is 16.0 Å². The van der Waals surface area contributed by atoms with Crippen molar-refractivity contribution in [2.24, 2.45) is 5.73 Å². The van der Waals surface area contributed by atoms with E-state index in [0.29, 0.717) is 19.4 Å². The molecule has 2 unspecified atom stereocenters. The Balaban J connectivity index is 2.51. The van der Waals surface area contributed by atoms with E-state index in [1.165, 1.54) is 0 Å². The van der Waals surface area contributed by atoms with Gasteiger partial charge in [0.25, 0.3) is 0 Å². The Morgan fingerprint density at radius 1 is 1.33 bits per heavy atom. The predicted octanol–water partition coefficient (Wildman–Crippen LogP) is -1.45. The smallest absolute Gasteiger partial charge is 0.322 e. The van der Waals surface area contributed by atoms with Gasteiger partial charge in [-0.15, -0.1) is 0 Å². The fraction of sp³-hybridized carbons (Fsp3) is 0.769. The summed E-state index contributed by atoms with van der Waals surface area (Å²) in [7, 11) is 0. The average Bonchev–Trinajstić information content (AvgIpc) is 2.98. The van der Waals surface area contributed by atoms with Gasteiger partial charge in [0, 0.05) is 0 Å². The van der Waals surface area contributed by atoms with E-state index in [0.717, 1.165) is 25.8 Å². The van der Waals surface area contributed by atoms with Gasteiger partial charge in [0.1, 0.15) is 12.6 Å². The van der Waals surface area contributed by atoms with E-state index in [1.807, 2.05) is 0 Å². The Morgan fingerprint density at radius 2 is 2.10 bits per heavy atom. The first-order valence-electron chi connectivity index (χ1n) is 7.28. The summed E-state index contributed by atoms with van der Waals surface area (Å²) in [5, 5.41) is 16.6. The van der Waals surface area contributed by atoms with E-state index in [4.69, 9.17) is 10.8 Å². The fourth-order valence-corrected chi connectivity index (χ4v) is 2.23. The summed E-state index contributed by atoms with van der Waals surface area (Å²) in [6.45, 7) is 0.854. The lowest BCUT2D eigenvalue weighted by molar-refractivity contribution is -0.138. The van der Waals surface area contributed by atoms with E-state index < -0.39 is 24.5 Å². The summed E-state index contributed by atoms with van der Waals surface area (Å²) in [6.07, 6.45) is 3.57. The number of amides is 2. The summed E-state index contributed by atoms with van der Waals surface area (Å²) in [6, 6.07) is -0.986. The number of hydrogen-bond donors (Lipinski definition) is 5. The lowest BCUT2D eigenvalue weighted by Crippen LogP contribution is -2.52. The molecule has 0 aromatic heterocycles. The second-order valence-electron chi connectivity index (χ2n) is 5.11. The van der Waals surface area contributed by atoms with Crippen molar-refractivity contribution in [3.05, 3.63) is 0 Å². The topological polar surface area (TPSA) is 134 Å². The second kappa shape index (κ2) is 9.30. The number of carboxylic acids is 1. The van der Waals surface area contributed by atoms with Crippen LogP contribution in [0.5, 0.6) is 0 Å². The van der Waals surface area contributed by atoms with Gasteiger partial charge in [0.2, 0.25) is 11.8 Å². The summed E-state index contributed by atoms with van der Waals surface area (Å²) in [4.78, 5) is 34.5. The summed E-state index contributed by atoms with van der Waals surface area (Å²) in [5.41, 5.74) is 5.41. The Bertz CT molecular complexity index is 369. The Hall–Kier alpha value is -1.67. The van der Waals surface area contributed by atoms with Crippen molar-refractivity contribution in [1.29, 1.82) is 0 Å². The van der Waals surface area contributed by atoms with Gasteiger partial charge in [-0.05, 0) is 45.2 Å². The standard InChI is InChI=1S/C13H24N4O4/c14-6-2-1-4-10(12(20)16-8-11(18)19)17-13(21)9-5-3-7-15-9/h9-10,15H,1-8,14H2,(H,16,20)(H,17,21)(H,18,19). The number of hydrogen-bond acceptors (Lipinski definition) is 5. The molecule has 0 aromatic rings. The lowest BCUT2D eigenvalue weighted by atomic mass is 10.1. The molecule has 1 heterocycles. The minimum absolute atomic E-state index is 0.212. The third kappa shape index (κ3) is 6.54. The van der Waals surface area contributed by atoms with Crippen LogP contribution in [-0.4, -0.2) is 54.6 Å². The molecule has 21 heavy (non-hydrogen) atoms. The van der Waals surface area contributed by atoms with Gasteiger partial charge < -0.3 is 26.8 Å². The Kier molecular flexibility index (Phi) is 7.70. The monoisotopic (exact) mass is 300 g/mol. The van der Waals surface area contributed by atoms with Gasteiger partial charge in [-0.1, -0.05) is 0 Å². The van der Waals surface area contributed by atoms with E-state index in [1.54, 1.807) is 0 Å². The molecule has 120 valence electrons. The van der Waals surface area contributed by atoms with E-state index >= 15 is 0 Å². The molecule has 8 nitrogen and oxygen atoms in total. The van der Waals surface area contributed by atoms with E-state index in [9.17, 15) is 14.4 Å². The van der Waals surface area contributed by atoms with Gasteiger partial charge >= 0.3 is 5.97 Å². The zero-order valence-corrected chi connectivity index (χ0v) is 12.1. The van der Waals surface area contributed by atoms with E-state index in [-0.39, 0.29) is 11.9 Å². The number of carbonyl (C=O) groups excluding carboxylic acids is 2. The van der Waals surface area contributed by atoms with Crippen LogP contribution in [0.3, 0.4) is 0 Å². The maximum Gasteiger partial charge on any atom is 0.322 e. The normalized spacial score (nSPS) is 19.0. The van der Waals surface area contributed by atoms with Crippen LogP contribution in [0.2, 0.25) is 0 Å². The SMILES string of the molecule is NCCCCC(NC(=O)C1CCCN1)C(=O)NCC(=O)O. The first kappa shape index (κ1) is 17.4. The molecule has 0 bridgehead atoms. The van der Waals surface area contributed by atoms with Crippen LogP contribution in [0.4, 0.5) is 0 Å². The Labute approximate surface area is 123 Å². The number of nitrogens with one attached hydrogen (secondary N) is 3. The maximum absolute atomic E-state index is 12.0. The van der Waals surface area contributed by atoms with Gasteiger partial charge in [0.05, 0.1) is 6.04 Å². The molecule has 1 aliphatic heterocycles. The van der Waals surface area contributed by atoms with Crippen LogP contribution in [-0.2, 0) is 14.4 Å². The predicted molar refractivity (Wildman–Crippen MR) is 76.5 cm³/mol. The molecule has 6 N–H and O–H groups in total. The molecule has 0 aromatic carbocycles. The van der Waals surface area contributed by atoms with Crippen molar-refractivity contribution in [3.63, 3.8) is 0 Å². The van der Waals surface area contributed by atoms with Crippen LogP contribution >= 0.6 is 0 Å². The highest BCUT2D eigenvalue weighted by Gasteiger charge is 2.27. The molecule has 0 radical (unpaired) electrons. The Morgan fingerprint density at radius 3 is 2.67 bits per heavy atom. The lowest BCUT2D eigenvalue weighted by Gasteiger charge is -2.20. The number of carbonyl (C=O) groups is 3. The number of nitrogens with two attached hydrogens (primary N) is 1. The summed E-state index contributed by atoms with van der Waals surface area (Å²) >= 11 is 0. The molecule has 2 atom stereocenters. The molecule has 2 amide bonds. The van der Waals surface area contributed by atoms with Gasteiger partial charge in [0.15, 0.2) is 0 Å². The van der Waals surface area contributed by atoms with Crippen molar-refractivity contribution in [1.82, 2.24) is 16.0 Å². The largest absolute Gasteiger partial charge is 0.480 e. The molecule has 0 aliphatic carbocycles. The van der Waals surface area contributed by atoms with Crippen LogP contribution in [0.15, 0.2) is 0 Å². The van der Waals surface area contributed by atoms with Crippen LogP contribution in [0, 0.1) is 0 Å². The maximum atomic E-state index is 12.0. The van der Waals surface area contributed by atoms with Crippen molar-refractivity contribution in [3.8, 4) is 0 Å². The molecular formula is C13H24N4O4. The molecule has 1 rings (SSSR count). The van der Waals surface area contributed by atoms with Crippen LogP contribution < -0.4 is 21.7 Å². The number of aliphatic carboxylic acids is 1. The number of carboxylic acid groups (broad SMARTS) is 1. The van der Waals surface area contributed by atoms with Crippen LogP contribution in [0.1, 0.15) is 32.1 Å². The molecule has 8 heteroatoms. The van der Waals surface area contributed by atoms with Crippen LogP contribution in [0.25, 0.3) is 0 Å². The van der Waals surface area contributed by atoms with Crippen molar-refractivity contribution in [2.75, 3.05) is 19.6 Å². The summed E-state index contributed by atoms with van der Waals surface area (Å²) < 4.78 is 0. The number of unbranched alkanes of at least 4 members (excludes halogenated alkanes) is 1. The third-order valence-corrected chi connectivity index (χ3v) is 3.37. The highest BCUT2D eigenvalue weighted by atomic mass is 16.4. The highest BCUT2D eigenvalue weighted by Crippen LogP contribution is 2.07. The molecular weight excluding hydrogens is 276 g/mol. The minimum atomic E-state index is -1.12. The summed E-state index contributed by atoms with van der Waals surface area (Å²) in [5.74, 6) is -1.80. The molecule has 1 aliphatic rings. The van der Waals surface area contributed by atoms with Gasteiger partial charge in [-0.3, -0.25) is 14.4 Å². The van der Waals surface area contributed by atoms with Gasteiger partial charge in [-0.2, -0.15) is 0 Å². The fourth-order valence-electron chi connectivity index (χ4n) is 2.23.